The van der Waals surface area contributed by atoms with Gasteiger partial charge in [-0.2, -0.15) is 5.26 Å². The largest absolute Gasteiger partial charge is 0.378 e. The number of carbonyl (C=O) groups excluding carboxylic acids is 1. The van der Waals surface area contributed by atoms with Crippen molar-refractivity contribution in [2.24, 2.45) is 0 Å². The van der Waals surface area contributed by atoms with Crippen molar-refractivity contribution >= 4 is 27.5 Å². The van der Waals surface area contributed by atoms with Crippen LogP contribution in [0.5, 0.6) is 0 Å². The molecule has 142 valence electrons. The summed E-state index contributed by atoms with van der Waals surface area (Å²) in [5.41, 5.74) is 2.49. The van der Waals surface area contributed by atoms with Crippen LogP contribution in [0, 0.1) is 11.3 Å². The number of nitrogens with one attached hydrogen (secondary N) is 1. The number of carbonyl (C=O) groups is 1. The number of aromatic nitrogens is 1. The van der Waals surface area contributed by atoms with Gasteiger partial charge in [-0.1, -0.05) is 24.3 Å². The Bertz CT molecular complexity index is 993. The van der Waals surface area contributed by atoms with Gasteiger partial charge in [-0.05, 0) is 29.8 Å². The second-order valence-electron chi connectivity index (χ2n) is 6.67. The molecule has 1 aliphatic heterocycles. The predicted molar refractivity (Wildman–Crippen MR) is 108 cm³/mol. The topological polar surface area (TPSA) is 78.2 Å². The highest BCUT2D eigenvalue weighted by atomic mass is 32.1. The fourth-order valence-corrected chi connectivity index (χ4v) is 4.37. The number of hydrogen-bond donors (Lipinski definition) is 1. The second kappa shape index (κ2) is 8.48. The average molecular weight is 392 g/mol. The summed E-state index contributed by atoms with van der Waals surface area (Å²) in [7, 11) is 0. The van der Waals surface area contributed by atoms with Gasteiger partial charge in [-0.3, -0.25) is 9.69 Å². The molecule has 1 fully saturated rings. The molecule has 7 heteroatoms. The van der Waals surface area contributed by atoms with E-state index in [9.17, 15) is 4.79 Å². The van der Waals surface area contributed by atoms with Crippen molar-refractivity contribution in [3.63, 3.8) is 0 Å². The van der Waals surface area contributed by atoms with Gasteiger partial charge in [-0.25, -0.2) is 4.98 Å². The van der Waals surface area contributed by atoms with E-state index in [0.29, 0.717) is 38.4 Å². The van der Waals surface area contributed by atoms with Crippen molar-refractivity contribution in [2.75, 3.05) is 26.3 Å². The lowest BCUT2D eigenvalue weighted by atomic mass is 10.1. The molecule has 6 nitrogen and oxygen atoms in total. The minimum Gasteiger partial charge on any atom is -0.378 e. The van der Waals surface area contributed by atoms with Crippen molar-refractivity contribution in [3.8, 4) is 6.07 Å². The Morgan fingerprint density at radius 1 is 1.32 bits per heavy atom. The smallest absolute Gasteiger partial charge is 0.234 e. The third-order valence-electron chi connectivity index (χ3n) is 4.73. The molecule has 0 saturated carbocycles. The maximum absolute atomic E-state index is 12.5. The Balaban J connectivity index is 1.41. The van der Waals surface area contributed by atoms with Crippen molar-refractivity contribution in [1.29, 1.82) is 5.26 Å². The normalized spacial score (nSPS) is 17.3. The molecule has 4 rings (SSSR count). The lowest BCUT2D eigenvalue weighted by Crippen LogP contribution is -2.45. The summed E-state index contributed by atoms with van der Waals surface area (Å²) in [6.07, 6.45) is 0. The number of fused-ring (bicyclic) bond motifs is 1. The van der Waals surface area contributed by atoms with E-state index < -0.39 is 0 Å². The molecule has 3 aromatic rings. The highest BCUT2D eigenvalue weighted by Gasteiger charge is 2.28. The quantitative estimate of drug-likeness (QED) is 0.722. The number of amides is 1. The number of benzene rings is 2. The van der Waals surface area contributed by atoms with Crippen molar-refractivity contribution in [1.82, 2.24) is 15.2 Å². The zero-order chi connectivity index (χ0) is 19.3. The van der Waals surface area contributed by atoms with Gasteiger partial charge >= 0.3 is 0 Å². The highest BCUT2D eigenvalue weighted by Crippen LogP contribution is 2.31. The number of ether oxygens (including phenoxy) is 1. The minimum absolute atomic E-state index is 0.0150. The van der Waals surface area contributed by atoms with E-state index in [0.717, 1.165) is 20.8 Å². The molecule has 1 aliphatic rings. The number of thiazole rings is 1. The lowest BCUT2D eigenvalue weighted by Gasteiger charge is -2.33. The van der Waals surface area contributed by atoms with E-state index in [1.54, 1.807) is 23.5 Å². The molecule has 1 atom stereocenters. The molecule has 28 heavy (non-hydrogen) atoms. The number of nitrogens with zero attached hydrogens (tertiary/aromatic N) is 3. The van der Waals surface area contributed by atoms with E-state index >= 15 is 0 Å². The summed E-state index contributed by atoms with van der Waals surface area (Å²) < 4.78 is 6.81. The molecule has 1 aromatic heterocycles. The third-order valence-corrected chi connectivity index (χ3v) is 5.86. The number of morpholine rings is 1. The van der Waals surface area contributed by atoms with Gasteiger partial charge in [0.05, 0.1) is 47.6 Å². The molecular formula is C21H20N4O2S. The predicted octanol–water partition coefficient (Wildman–Crippen LogP) is 2.86. The van der Waals surface area contributed by atoms with Crippen LogP contribution in [0.25, 0.3) is 10.2 Å². The summed E-state index contributed by atoms with van der Waals surface area (Å²) in [5, 5.41) is 12.9. The molecule has 1 amide bonds. The molecule has 1 saturated heterocycles. The van der Waals surface area contributed by atoms with Crippen LogP contribution in [-0.2, 0) is 16.1 Å². The van der Waals surface area contributed by atoms with Gasteiger partial charge in [0.15, 0.2) is 0 Å². The van der Waals surface area contributed by atoms with E-state index in [-0.39, 0.29) is 11.9 Å². The first kappa shape index (κ1) is 18.6. The van der Waals surface area contributed by atoms with Crippen molar-refractivity contribution in [3.05, 3.63) is 64.7 Å². The summed E-state index contributed by atoms with van der Waals surface area (Å²) in [4.78, 5) is 19.4. The maximum Gasteiger partial charge on any atom is 0.234 e. The van der Waals surface area contributed by atoms with Gasteiger partial charge in [0.1, 0.15) is 5.01 Å². The summed E-state index contributed by atoms with van der Waals surface area (Å²) in [6, 6.07) is 17.4. The Morgan fingerprint density at radius 3 is 3.07 bits per heavy atom. The highest BCUT2D eigenvalue weighted by molar-refractivity contribution is 7.18. The van der Waals surface area contributed by atoms with Crippen molar-refractivity contribution in [2.45, 2.75) is 12.6 Å². The van der Waals surface area contributed by atoms with E-state index in [1.165, 1.54) is 0 Å². The summed E-state index contributed by atoms with van der Waals surface area (Å²) in [5.74, 6) is -0.0460. The van der Waals surface area contributed by atoms with Gasteiger partial charge in [0.25, 0.3) is 0 Å². The molecule has 0 aliphatic carbocycles. The van der Waals surface area contributed by atoms with Crippen LogP contribution in [0.4, 0.5) is 0 Å². The zero-order valence-electron chi connectivity index (χ0n) is 15.3. The molecule has 0 bridgehead atoms. The number of nitriles is 1. The van der Waals surface area contributed by atoms with E-state index in [4.69, 9.17) is 15.0 Å². The molecule has 0 spiro atoms. The van der Waals surface area contributed by atoms with E-state index in [2.05, 4.69) is 22.4 Å². The SMILES string of the molecule is N#Cc1cccc(CNC(=O)CN2CCOCC2c2nc3ccccc3s2)c1. The Kier molecular flexibility index (Phi) is 5.63. The zero-order valence-corrected chi connectivity index (χ0v) is 16.1. The van der Waals surface area contributed by atoms with Crippen LogP contribution in [0.15, 0.2) is 48.5 Å². The molecular weight excluding hydrogens is 372 g/mol. The van der Waals surface area contributed by atoms with Crippen LogP contribution in [0.2, 0.25) is 0 Å². The number of rotatable bonds is 5. The first-order valence-corrected chi connectivity index (χ1v) is 9.97. The Morgan fingerprint density at radius 2 is 2.21 bits per heavy atom. The molecule has 2 heterocycles. The van der Waals surface area contributed by atoms with Gasteiger partial charge in [0.2, 0.25) is 5.91 Å². The standard InChI is InChI=1S/C21H20N4O2S/c22-11-15-4-3-5-16(10-15)12-23-20(26)13-25-8-9-27-14-18(25)21-24-17-6-1-2-7-19(17)28-21/h1-7,10,18H,8-9,12-14H2,(H,23,26). The lowest BCUT2D eigenvalue weighted by molar-refractivity contribution is -0.124. The molecule has 1 unspecified atom stereocenters. The Labute approximate surface area is 167 Å². The first-order valence-electron chi connectivity index (χ1n) is 9.16. The van der Waals surface area contributed by atoms with Gasteiger partial charge in [-0.15, -0.1) is 11.3 Å². The molecule has 0 radical (unpaired) electrons. The molecule has 2 aromatic carbocycles. The van der Waals surface area contributed by atoms with Crippen LogP contribution < -0.4 is 5.32 Å². The monoisotopic (exact) mass is 392 g/mol. The average Bonchev–Trinajstić information content (AvgIpc) is 3.17. The van der Waals surface area contributed by atoms with Crippen molar-refractivity contribution < 1.29 is 9.53 Å². The summed E-state index contributed by atoms with van der Waals surface area (Å²) >= 11 is 1.65. The van der Waals surface area contributed by atoms with Crippen LogP contribution in [0.1, 0.15) is 22.2 Å². The molecule has 1 N–H and O–H groups in total. The van der Waals surface area contributed by atoms with E-state index in [1.807, 2.05) is 30.3 Å². The number of hydrogen-bond acceptors (Lipinski definition) is 6. The second-order valence-corrected chi connectivity index (χ2v) is 7.73. The van der Waals surface area contributed by atoms with Gasteiger partial charge < -0.3 is 10.1 Å². The first-order chi connectivity index (χ1) is 13.7. The fourth-order valence-electron chi connectivity index (χ4n) is 3.28. The number of para-hydroxylation sites is 1. The third kappa shape index (κ3) is 4.20. The van der Waals surface area contributed by atoms with Crippen LogP contribution in [0.3, 0.4) is 0 Å². The Hall–Kier alpha value is -2.79. The van der Waals surface area contributed by atoms with Crippen LogP contribution >= 0.6 is 11.3 Å². The fraction of sp³-hybridized carbons (Fsp3) is 0.286. The van der Waals surface area contributed by atoms with Gasteiger partial charge in [0, 0.05) is 13.1 Å². The minimum atomic E-state index is -0.0460. The summed E-state index contributed by atoms with van der Waals surface area (Å²) in [6.45, 7) is 2.54. The van der Waals surface area contributed by atoms with Crippen LogP contribution in [-0.4, -0.2) is 42.1 Å². The maximum atomic E-state index is 12.5.